The third-order valence-electron chi connectivity index (χ3n) is 3.21. The molecule has 0 radical (unpaired) electrons. The van der Waals surface area contributed by atoms with E-state index < -0.39 is 6.04 Å². The Hall–Kier alpha value is -1.79. The first-order valence-corrected chi connectivity index (χ1v) is 6.71. The third-order valence-corrected chi connectivity index (χ3v) is 4.15. The number of aryl methyl sites for hydroxylation is 1. The van der Waals surface area contributed by atoms with Crippen molar-refractivity contribution in [1.82, 2.24) is 9.78 Å². The lowest BCUT2D eigenvalue weighted by atomic mass is 10.1. The van der Waals surface area contributed by atoms with E-state index in [9.17, 15) is 4.79 Å². The van der Waals surface area contributed by atoms with Crippen LogP contribution in [-0.2, 0) is 11.8 Å². The largest absolute Gasteiger partial charge is 0.316 e. The number of carbonyl (C=O) groups excluding carboxylic acids is 1. The minimum absolute atomic E-state index is 0.0569. The van der Waals surface area contributed by atoms with Crippen LogP contribution in [0, 0.1) is 0 Å². The summed E-state index contributed by atoms with van der Waals surface area (Å²) >= 11 is 1.62. The minimum atomic E-state index is -0.530. The van der Waals surface area contributed by atoms with E-state index in [0.29, 0.717) is 0 Å². The molecule has 1 amide bonds. The van der Waals surface area contributed by atoms with E-state index >= 15 is 0 Å². The van der Waals surface area contributed by atoms with E-state index in [-0.39, 0.29) is 5.91 Å². The number of anilines is 1. The smallest absolute Gasteiger partial charge is 0.248 e. The SMILES string of the molecule is CN1C(=O)C(N)c2ccc(Sc3cnn(C)c3)cc21. The highest BCUT2D eigenvalue weighted by Gasteiger charge is 2.32. The number of aromatic nitrogens is 2. The number of carbonyl (C=O) groups is 1. The van der Waals surface area contributed by atoms with E-state index in [1.54, 1.807) is 28.4 Å². The molecule has 19 heavy (non-hydrogen) atoms. The summed E-state index contributed by atoms with van der Waals surface area (Å²) in [5.74, 6) is -0.0569. The van der Waals surface area contributed by atoms with Gasteiger partial charge in [-0.1, -0.05) is 17.8 Å². The number of hydrogen-bond acceptors (Lipinski definition) is 4. The maximum absolute atomic E-state index is 11.8. The Bertz CT molecular complexity index is 652. The van der Waals surface area contributed by atoms with Gasteiger partial charge in [-0.2, -0.15) is 5.10 Å². The predicted molar refractivity (Wildman–Crippen MR) is 74.1 cm³/mol. The highest BCUT2D eigenvalue weighted by molar-refractivity contribution is 7.99. The Labute approximate surface area is 115 Å². The fourth-order valence-electron chi connectivity index (χ4n) is 2.19. The maximum Gasteiger partial charge on any atom is 0.248 e. The first kappa shape index (κ1) is 12.3. The van der Waals surface area contributed by atoms with Crippen LogP contribution < -0.4 is 10.6 Å². The Morgan fingerprint density at radius 2 is 2.11 bits per heavy atom. The van der Waals surface area contributed by atoms with Gasteiger partial charge < -0.3 is 10.6 Å². The first-order chi connectivity index (χ1) is 9.06. The van der Waals surface area contributed by atoms with Crippen molar-refractivity contribution in [3.8, 4) is 0 Å². The van der Waals surface area contributed by atoms with Crippen LogP contribution >= 0.6 is 11.8 Å². The number of fused-ring (bicyclic) bond motifs is 1. The lowest BCUT2D eigenvalue weighted by Crippen LogP contribution is -2.27. The zero-order valence-corrected chi connectivity index (χ0v) is 11.5. The van der Waals surface area contributed by atoms with Crippen molar-refractivity contribution >= 4 is 23.4 Å². The second-order valence-corrected chi connectivity index (χ2v) is 5.69. The van der Waals surface area contributed by atoms with Crippen LogP contribution in [0.25, 0.3) is 0 Å². The molecule has 1 unspecified atom stereocenters. The van der Waals surface area contributed by atoms with Gasteiger partial charge in [0.15, 0.2) is 0 Å². The van der Waals surface area contributed by atoms with Gasteiger partial charge in [0.1, 0.15) is 6.04 Å². The molecule has 2 heterocycles. The summed E-state index contributed by atoms with van der Waals surface area (Å²) in [5.41, 5.74) is 7.66. The molecule has 0 bridgehead atoms. The Morgan fingerprint density at radius 3 is 2.79 bits per heavy atom. The minimum Gasteiger partial charge on any atom is -0.316 e. The molecule has 6 heteroatoms. The number of likely N-dealkylation sites (N-methyl/N-ethyl adjacent to an activating group) is 1. The molecule has 2 N–H and O–H groups in total. The van der Waals surface area contributed by atoms with E-state index in [0.717, 1.165) is 21.0 Å². The molecule has 0 fully saturated rings. The number of hydrogen-bond donors (Lipinski definition) is 1. The molecule has 3 rings (SSSR count). The molecule has 0 aliphatic carbocycles. The summed E-state index contributed by atoms with van der Waals surface area (Å²) in [6, 6.07) is 5.39. The second kappa shape index (κ2) is 4.40. The van der Waals surface area contributed by atoms with Gasteiger partial charge in [-0.25, -0.2) is 0 Å². The van der Waals surface area contributed by atoms with Gasteiger partial charge in [-0.15, -0.1) is 0 Å². The number of amides is 1. The van der Waals surface area contributed by atoms with Gasteiger partial charge >= 0.3 is 0 Å². The number of nitrogens with zero attached hydrogens (tertiary/aromatic N) is 3. The van der Waals surface area contributed by atoms with Crippen LogP contribution in [-0.4, -0.2) is 22.7 Å². The van der Waals surface area contributed by atoms with Gasteiger partial charge in [-0.05, 0) is 12.1 Å². The zero-order valence-electron chi connectivity index (χ0n) is 10.7. The van der Waals surface area contributed by atoms with Crippen LogP contribution in [0.2, 0.25) is 0 Å². The molecule has 1 aliphatic heterocycles. The average molecular weight is 274 g/mol. The summed E-state index contributed by atoms with van der Waals surface area (Å²) in [6.45, 7) is 0. The Morgan fingerprint density at radius 1 is 1.32 bits per heavy atom. The topological polar surface area (TPSA) is 64.2 Å². The normalized spacial score (nSPS) is 17.9. The quantitative estimate of drug-likeness (QED) is 0.902. The number of rotatable bonds is 2. The number of nitrogens with two attached hydrogens (primary N) is 1. The summed E-state index contributed by atoms with van der Waals surface area (Å²) in [5, 5.41) is 4.14. The average Bonchev–Trinajstić information content (AvgIpc) is 2.89. The summed E-state index contributed by atoms with van der Waals surface area (Å²) in [4.78, 5) is 15.6. The molecule has 1 aromatic heterocycles. The molecule has 0 saturated heterocycles. The van der Waals surface area contributed by atoms with Crippen LogP contribution in [0.4, 0.5) is 5.69 Å². The van der Waals surface area contributed by atoms with Crippen LogP contribution in [0.5, 0.6) is 0 Å². The third kappa shape index (κ3) is 2.02. The first-order valence-electron chi connectivity index (χ1n) is 5.90. The van der Waals surface area contributed by atoms with E-state index in [4.69, 9.17) is 5.73 Å². The van der Waals surface area contributed by atoms with Crippen molar-refractivity contribution in [2.75, 3.05) is 11.9 Å². The van der Waals surface area contributed by atoms with E-state index in [2.05, 4.69) is 5.10 Å². The van der Waals surface area contributed by atoms with Gasteiger partial charge in [0.2, 0.25) is 5.91 Å². The Kier molecular flexibility index (Phi) is 2.83. The highest BCUT2D eigenvalue weighted by atomic mass is 32.2. The zero-order chi connectivity index (χ0) is 13.6. The molecule has 2 aromatic rings. The standard InChI is InChI=1S/C13H14N4OS/c1-16-7-9(6-15-16)19-8-3-4-10-11(5-8)17(2)13(18)12(10)14/h3-7,12H,14H2,1-2H3. The fourth-order valence-corrected chi connectivity index (χ4v) is 3.07. The molecular formula is C13H14N4OS. The van der Waals surface area contributed by atoms with Gasteiger partial charge in [0, 0.05) is 36.4 Å². The molecule has 1 atom stereocenters. The molecule has 98 valence electrons. The monoisotopic (exact) mass is 274 g/mol. The molecule has 1 aliphatic rings. The van der Waals surface area contributed by atoms with E-state index in [1.807, 2.05) is 37.6 Å². The van der Waals surface area contributed by atoms with Crippen molar-refractivity contribution in [2.45, 2.75) is 15.8 Å². The van der Waals surface area contributed by atoms with Crippen molar-refractivity contribution in [2.24, 2.45) is 12.8 Å². The molecular weight excluding hydrogens is 260 g/mol. The Balaban J connectivity index is 1.92. The van der Waals surface area contributed by atoms with Crippen LogP contribution in [0.1, 0.15) is 11.6 Å². The summed E-state index contributed by atoms with van der Waals surface area (Å²) < 4.78 is 1.77. The van der Waals surface area contributed by atoms with Crippen LogP contribution in [0.15, 0.2) is 40.4 Å². The van der Waals surface area contributed by atoms with Gasteiger partial charge in [0.25, 0.3) is 0 Å². The predicted octanol–water partition coefficient (Wildman–Crippen LogP) is 1.55. The van der Waals surface area contributed by atoms with Gasteiger partial charge in [0.05, 0.1) is 11.1 Å². The molecule has 0 spiro atoms. The lowest BCUT2D eigenvalue weighted by Gasteiger charge is -2.10. The van der Waals surface area contributed by atoms with Crippen molar-refractivity contribution in [3.05, 3.63) is 36.2 Å². The summed E-state index contributed by atoms with van der Waals surface area (Å²) in [6.07, 6.45) is 3.77. The fraction of sp³-hybridized carbons (Fsp3) is 0.231. The maximum atomic E-state index is 11.8. The number of benzene rings is 1. The molecule has 5 nitrogen and oxygen atoms in total. The highest BCUT2D eigenvalue weighted by Crippen LogP contribution is 2.38. The molecule has 0 saturated carbocycles. The van der Waals surface area contributed by atoms with Crippen molar-refractivity contribution in [3.63, 3.8) is 0 Å². The van der Waals surface area contributed by atoms with Crippen molar-refractivity contribution < 1.29 is 4.79 Å². The van der Waals surface area contributed by atoms with Gasteiger partial charge in [-0.3, -0.25) is 9.48 Å². The van der Waals surface area contributed by atoms with Crippen molar-refractivity contribution in [1.29, 1.82) is 0 Å². The van der Waals surface area contributed by atoms with E-state index in [1.165, 1.54) is 0 Å². The lowest BCUT2D eigenvalue weighted by molar-refractivity contribution is -0.118. The summed E-state index contributed by atoms with van der Waals surface area (Å²) in [7, 11) is 3.64. The second-order valence-electron chi connectivity index (χ2n) is 4.55. The molecule has 1 aromatic carbocycles. The van der Waals surface area contributed by atoms with Crippen LogP contribution in [0.3, 0.4) is 0 Å².